The zero-order valence-corrected chi connectivity index (χ0v) is 7.30. The van der Waals surface area contributed by atoms with Gasteiger partial charge in [0.1, 0.15) is 10.8 Å². The van der Waals surface area contributed by atoms with Gasteiger partial charge >= 0.3 is 0 Å². The first kappa shape index (κ1) is 8.93. The van der Waals surface area contributed by atoms with Gasteiger partial charge in [0.2, 0.25) is 0 Å². The van der Waals surface area contributed by atoms with Gasteiger partial charge in [-0.15, -0.1) is 4.91 Å². The zero-order chi connectivity index (χ0) is 8.97. The molecule has 0 saturated carbocycles. The maximum Gasteiger partial charge on any atom is 0.157 e. The van der Waals surface area contributed by atoms with Crippen LogP contribution in [0, 0.1) is 4.91 Å². The van der Waals surface area contributed by atoms with Crippen LogP contribution in [0.25, 0.3) is 0 Å². The van der Waals surface area contributed by atoms with E-state index in [0.717, 1.165) is 0 Å². The number of nitrogens with one attached hydrogen (secondary N) is 1. The molecule has 0 aromatic carbocycles. The van der Waals surface area contributed by atoms with Crippen molar-refractivity contribution < 1.29 is 0 Å². The summed E-state index contributed by atoms with van der Waals surface area (Å²) in [6.45, 7) is 2.58. The molecule has 4 nitrogen and oxygen atoms in total. The van der Waals surface area contributed by atoms with Gasteiger partial charge in [0.25, 0.3) is 0 Å². The number of rotatable bonds is 3. The minimum atomic E-state index is 0.279. The number of nitroso groups, excluding NO2 is 1. The van der Waals surface area contributed by atoms with E-state index in [1.807, 2.05) is 6.92 Å². The van der Waals surface area contributed by atoms with E-state index in [9.17, 15) is 4.91 Å². The summed E-state index contributed by atoms with van der Waals surface area (Å²) in [4.78, 5) is 14.1. The first-order valence-electron chi connectivity index (χ1n) is 3.51. The molecule has 0 aliphatic heterocycles. The van der Waals surface area contributed by atoms with Crippen LogP contribution in [0.2, 0.25) is 5.15 Å². The van der Waals surface area contributed by atoms with Gasteiger partial charge in [-0.2, -0.15) is 0 Å². The third-order valence-corrected chi connectivity index (χ3v) is 1.49. The molecule has 1 heterocycles. The lowest BCUT2D eigenvalue weighted by Gasteiger charge is -2.03. The second-order valence-electron chi connectivity index (χ2n) is 2.12. The molecular weight excluding hydrogens is 178 g/mol. The maximum atomic E-state index is 10.2. The standard InChI is InChI=1S/C7H8ClN3O/c1-2-9-7-5(11-12)3-4-6(8)10-7/h3-4H,2H2,1H3,(H,9,10). The number of anilines is 1. The van der Waals surface area contributed by atoms with Crippen LogP contribution in [0.4, 0.5) is 11.5 Å². The Bertz CT molecular complexity index is 290. The molecule has 1 aromatic heterocycles. The lowest BCUT2D eigenvalue weighted by atomic mass is 10.4. The molecule has 0 fully saturated rings. The van der Waals surface area contributed by atoms with Crippen LogP contribution in [-0.2, 0) is 0 Å². The fourth-order valence-corrected chi connectivity index (χ4v) is 0.947. The van der Waals surface area contributed by atoms with Gasteiger partial charge < -0.3 is 5.32 Å². The van der Waals surface area contributed by atoms with E-state index in [1.165, 1.54) is 12.1 Å². The average molecular weight is 186 g/mol. The quantitative estimate of drug-likeness (QED) is 0.582. The predicted octanol–water partition coefficient (Wildman–Crippen LogP) is 2.56. The Morgan fingerprint density at radius 1 is 1.67 bits per heavy atom. The van der Waals surface area contributed by atoms with Crippen LogP contribution in [0.15, 0.2) is 17.3 Å². The molecule has 0 saturated heterocycles. The van der Waals surface area contributed by atoms with Crippen LogP contribution in [-0.4, -0.2) is 11.5 Å². The predicted molar refractivity (Wildman–Crippen MR) is 48.9 cm³/mol. The SMILES string of the molecule is CCNc1nc(Cl)ccc1N=O. The third-order valence-electron chi connectivity index (χ3n) is 1.28. The van der Waals surface area contributed by atoms with Crippen molar-refractivity contribution in [1.29, 1.82) is 0 Å². The van der Waals surface area contributed by atoms with E-state index < -0.39 is 0 Å². The molecule has 64 valence electrons. The topological polar surface area (TPSA) is 54.4 Å². The van der Waals surface area contributed by atoms with Gasteiger partial charge in [-0.1, -0.05) is 11.6 Å². The summed E-state index contributed by atoms with van der Waals surface area (Å²) >= 11 is 5.61. The first-order chi connectivity index (χ1) is 5.77. The summed E-state index contributed by atoms with van der Waals surface area (Å²) in [6, 6.07) is 3.06. The van der Waals surface area contributed by atoms with Gasteiger partial charge in [0, 0.05) is 6.54 Å². The highest BCUT2D eigenvalue weighted by molar-refractivity contribution is 6.29. The lowest BCUT2D eigenvalue weighted by Crippen LogP contribution is -1.99. The van der Waals surface area contributed by atoms with E-state index in [1.54, 1.807) is 0 Å². The molecule has 0 radical (unpaired) electrons. The Morgan fingerprint density at radius 2 is 2.42 bits per heavy atom. The fourth-order valence-electron chi connectivity index (χ4n) is 0.799. The van der Waals surface area contributed by atoms with Crippen LogP contribution in [0.3, 0.4) is 0 Å². The number of pyridine rings is 1. The first-order valence-corrected chi connectivity index (χ1v) is 3.89. The van der Waals surface area contributed by atoms with Crippen LogP contribution >= 0.6 is 11.6 Å². The molecule has 0 aliphatic rings. The zero-order valence-electron chi connectivity index (χ0n) is 6.54. The van der Waals surface area contributed by atoms with Crippen LogP contribution in [0.1, 0.15) is 6.92 Å². The molecule has 0 atom stereocenters. The molecular formula is C7H8ClN3O. The van der Waals surface area contributed by atoms with E-state index in [0.29, 0.717) is 17.5 Å². The van der Waals surface area contributed by atoms with Gasteiger partial charge in [0.05, 0.1) is 0 Å². The van der Waals surface area contributed by atoms with E-state index in [4.69, 9.17) is 11.6 Å². The van der Waals surface area contributed by atoms with Crippen LogP contribution < -0.4 is 5.32 Å². The average Bonchev–Trinajstić information content (AvgIpc) is 2.05. The van der Waals surface area contributed by atoms with Crippen molar-refractivity contribution in [2.24, 2.45) is 5.18 Å². The van der Waals surface area contributed by atoms with Gasteiger partial charge in [-0.3, -0.25) is 0 Å². The Morgan fingerprint density at radius 3 is 3.00 bits per heavy atom. The summed E-state index contributed by atoms with van der Waals surface area (Å²) in [5.41, 5.74) is 0.279. The highest BCUT2D eigenvalue weighted by Gasteiger charge is 2.03. The molecule has 1 N–H and O–H groups in total. The molecule has 12 heavy (non-hydrogen) atoms. The summed E-state index contributed by atoms with van der Waals surface area (Å²) in [5.74, 6) is 0.431. The van der Waals surface area contributed by atoms with Crippen molar-refractivity contribution in [1.82, 2.24) is 4.98 Å². The number of halogens is 1. The smallest absolute Gasteiger partial charge is 0.157 e. The second-order valence-corrected chi connectivity index (χ2v) is 2.51. The molecule has 0 aliphatic carbocycles. The van der Waals surface area contributed by atoms with E-state index >= 15 is 0 Å². The maximum absolute atomic E-state index is 10.2. The second kappa shape index (κ2) is 4.01. The Labute approximate surface area is 74.9 Å². The van der Waals surface area contributed by atoms with Crippen molar-refractivity contribution in [3.63, 3.8) is 0 Å². The molecule has 0 unspecified atom stereocenters. The van der Waals surface area contributed by atoms with Gasteiger partial charge in [-0.25, -0.2) is 4.98 Å². The van der Waals surface area contributed by atoms with Crippen molar-refractivity contribution in [3.05, 3.63) is 22.2 Å². The number of hydrogen-bond donors (Lipinski definition) is 1. The summed E-state index contributed by atoms with van der Waals surface area (Å²) in [6.07, 6.45) is 0. The summed E-state index contributed by atoms with van der Waals surface area (Å²) in [5, 5.41) is 6.02. The summed E-state index contributed by atoms with van der Waals surface area (Å²) < 4.78 is 0. The van der Waals surface area contributed by atoms with Crippen molar-refractivity contribution >= 4 is 23.1 Å². The van der Waals surface area contributed by atoms with E-state index in [-0.39, 0.29) is 5.69 Å². The van der Waals surface area contributed by atoms with Gasteiger partial charge in [-0.05, 0) is 24.2 Å². The highest BCUT2D eigenvalue weighted by atomic mass is 35.5. The largest absolute Gasteiger partial charge is 0.368 e. The highest BCUT2D eigenvalue weighted by Crippen LogP contribution is 2.23. The Hall–Kier alpha value is -1.16. The van der Waals surface area contributed by atoms with Gasteiger partial charge in [0.15, 0.2) is 5.82 Å². The monoisotopic (exact) mass is 185 g/mol. The minimum absolute atomic E-state index is 0.279. The number of hydrogen-bond acceptors (Lipinski definition) is 4. The lowest BCUT2D eigenvalue weighted by molar-refractivity contribution is 1.15. The minimum Gasteiger partial charge on any atom is -0.368 e. The van der Waals surface area contributed by atoms with E-state index in [2.05, 4.69) is 15.5 Å². The molecule has 0 amide bonds. The molecule has 1 rings (SSSR count). The Kier molecular flexibility index (Phi) is 2.99. The van der Waals surface area contributed by atoms with Crippen molar-refractivity contribution in [3.8, 4) is 0 Å². The Balaban J connectivity index is 3.03. The van der Waals surface area contributed by atoms with Crippen molar-refractivity contribution in [2.75, 3.05) is 11.9 Å². The molecule has 1 aromatic rings. The normalized spacial score (nSPS) is 9.50. The summed E-state index contributed by atoms with van der Waals surface area (Å²) in [7, 11) is 0. The molecule has 0 spiro atoms. The van der Waals surface area contributed by atoms with Crippen LogP contribution in [0.5, 0.6) is 0 Å². The third kappa shape index (κ3) is 1.92. The fraction of sp³-hybridized carbons (Fsp3) is 0.286. The molecule has 0 bridgehead atoms. The van der Waals surface area contributed by atoms with Crippen molar-refractivity contribution in [2.45, 2.75) is 6.92 Å². The number of nitrogens with zero attached hydrogens (tertiary/aromatic N) is 2. The number of aromatic nitrogens is 1. The molecule has 5 heteroatoms.